The van der Waals surface area contributed by atoms with Crippen LogP contribution in [0.25, 0.3) is 0 Å². The fourth-order valence-electron chi connectivity index (χ4n) is 3.07. The predicted molar refractivity (Wildman–Crippen MR) is 83.7 cm³/mol. The lowest BCUT2D eigenvalue weighted by Gasteiger charge is -2.24. The van der Waals surface area contributed by atoms with Gasteiger partial charge in [0.05, 0.1) is 12.0 Å². The van der Waals surface area contributed by atoms with E-state index >= 15 is 0 Å². The third-order valence-electron chi connectivity index (χ3n) is 4.09. The summed E-state index contributed by atoms with van der Waals surface area (Å²) in [6.45, 7) is 3.68. The molecule has 3 atom stereocenters. The topological polar surface area (TPSA) is 52.6 Å². The monoisotopic (exact) mass is 290 g/mol. The van der Waals surface area contributed by atoms with Gasteiger partial charge in [-0.05, 0) is 38.8 Å². The first-order valence-electron chi connectivity index (χ1n) is 7.77. The molecular formula is C17H26N2O2. The zero-order valence-electron chi connectivity index (χ0n) is 13.0. The van der Waals surface area contributed by atoms with Crippen LogP contribution in [0.15, 0.2) is 30.3 Å². The van der Waals surface area contributed by atoms with E-state index in [1.807, 2.05) is 25.1 Å². The molecule has 1 aromatic rings. The minimum atomic E-state index is -0.459. The van der Waals surface area contributed by atoms with E-state index in [4.69, 9.17) is 0 Å². The van der Waals surface area contributed by atoms with E-state index < -0.39 is 6.10 Å². The number of benzene rings is 1. The van der Waals surface area contributed by atoms with E-state index in [0.717, 1.165) is 32.4 Å². The van der Waals surface area contributed by atoms with Gasteiger partial charge in [0.15, 0.2) is 0 Å². The van der Waals surface area contributed by atoms with E-state index in [1.54, 1.807) is 0 Å². The number of likely N-dealkylation sites (N-methyl/N-ethyl adjacent to an activating group) is 1. The van der Waals surface area contributed by atoms with Gasteiger partial charge in [-0.1, -0.05) is 30.3 Å². The lowest BCUT2D eigenvalue weighted by atomic mass is 10.0. The van der Waals surface area contributed by atoms with Gasteiger partial charge in [-0.2, -0.15) is 0 Å². The van der Waals surface area contributed by atoms with Crippen LogP contribution in [-0.4, -0.2) is 41.7 Å². The van der Waals surface area contributed by atoms with Crippen LogP contribution in [0.2, 0.25) is 0 Å². The molecule has 0 aliphatic heterocycles. The summed E-state index contributed by atoms with van der Waals surface area (Å²) in [6.07, 6.45) is 2.04. The van der Waals surface area contributed by atoms with Crippen LogP contribution in [0.1, 0.15) is 31.7 Å². The number of hydrogen-bond donors (Lipinski definition) is 2. The first-order chi connectivity index (χ1) is 10.1. The molecule has 3 unspecified atom stereocenters. The SMILES string of the molecule is CC(CN(C)Cc1ccccc1)NC(=O)C1CCCC1O. The standard InChI is InChI=1S/C17H26N2O2/c1-13(18-17(21)15-9-6-10-16(15)20)11-19(2)12-14-7-4-3-5-8-14/h3-5,7-8,13,15-16,20H,6,9-12H2,1-2H3,(H,18,21). The highest BCUT2D eigenvalue weighted by Crippen LogP contribution is 2.25. The molecule has 1 fully saturated rings. The van der Waals surface area contributed by atoms with Gasteiger partial charge in [-0.3, -0.25) is 4.79 Å². The van der Waals surface area contributed by atoms with Crippen molar-refractivity contribution in [2.45, 2.75) is 44.9 Å². The first-order valence-corrected chi connectivity index (χ1v) is 7.77. The highest BCUT2D eigenvalue weighted by atomic mass is 16.3. The van der Waals surface area contributed by atoms with Crippen molar-refractivity contribution in [2.75, 3.05) is 13.6 Å². The fourth-order valence-corrected chi connectivity index (χ4v) is 3.07. The zero-order chi connectivity index (χ0) is 15.2. The summed E-state index contributed by atoms with van der Waals surface area (Å²) in [7, 11) is 2.06. The molecule has 0 radical (unpaired) electrons. The van der Waals surface area contributed by atoms with Crippen molar-refractivity contribution in [1.29, 1.82) is 0 Å². The molecule has 4 nitrogen and oxygen atoms in total. The van der Waals surface area contributed by atoms with Crippen LogP contribution >= 0.6 is 0 Å². The van der Waals surface area contributed by atoms with Gasteiger partial charge in [-0.25, -0.2) is 0 Å². The molecular weight excluding hydrogens is 264 g/mol. The van der Waals surface area contributed by atoms with E-state index in [1.165, 1.54) is 5.56 Å². The number of nitrogens with one attached hydrogen (secondary N) is 1. The van der Waals surface area contributed by atoms with Crippen molar-refractivity contribution in [3.05, 3.63) is 35.9 Å². The molecule has 4 heteroatoms. The number of nitrogens with zero attached hydrogens (tertiary/aromatic N) is 1. The number of amides is 1. The van der Waals surface area contributed by atoms with Gasteiger partial charge in [-0.15, -0.1) is 0 Å². The normalized spacial score (nSPS) is 23.2. The molecule has 2 rings (SSSR count). The lowest BCUT2D eigenvalue weighted by Crippen LogP contribution is -2.44. The molecule has 0 aromatic heterocycles. The summed E-state index contributed by atoms with van der Waals surface area (Å²) >= 11 is 0. The Hall–Kier alpha value is -1.39. The second kappa shape index (κ2) is 7.57. The molecule has 116 valence electrons. The fraction of sp³-hybridized carbons (Fsp3) is 0.588. The number of carbonyl (C=O) groups excluding carboxylic acids is 1. The number of rotatable bonds is 6. The van der Waals surface area contributed by atoms with Crippen LogP contribution in [0.5, 0.6) is 0 Å². The van der Waals surface area contributed by atoms with Crippen molar-refractivity contribution in [1.82, 2.24) is 10.2 Å². The third-order valence-corrected chi connectivity index (χ3v) is 4.09. The average molecular weight is 290 g/mol. The maximum absolute atomic E-state index is 12.1. The maximum Gasteiger partial charge on any atom is 0.225 e. The summed E-state index contributed by atoms with van der Waals surface area (Å²) in [5.74, 6) is -0.215. The minimum absolute atomic E-state index is 0.000566. The van der Waals surface area contributed by atoms with Crippen LogP contribution in [0, 0.1) is 5.92 Å². The first kappa shape index (κ1) is 16.0. The van der Waals surface area contributed by atoms with Crippen molar-refractivity contribution >= 4 is 5.91 Å². The molecule has 1 aromatic carbocycles. The maximum atomic E-state index is 12.1. The van der Waals surface area contributed by atoms with Gasteiger partial charge in [0.1, 0.15) is 0 Å². The Kier molecular flexibility index (Phi) is 5.76. The largest absolute Gasteiger partial charge is 0.392 e. The summed E-state index contributed by atoms with van der Waals surface area (Å²) in [6, 6.07) is 10.4. The minimum Gasteiger partial charge on any atom is -0.392 e. The van der Waals surface area contributed by atoms with Crippen molar-refractivity contribution in [2.24, 2.45) is 5.92 Å². The van der Waals surface area contributed by atoms with Gasteiger partial charge < -0.3 is 15.3 Å². The van der Waals surface area contributed by atoms with Crippen LogP contribution in [0.4, 0.5) is 0 Å². The number of aliphatic hydroxyl groups is 1. The van der Waals surface area contributed by atoms with Crippen molar-refractivity contribution in [3.8, 4) is 0 Å². The molecule has 0 saturated heterocycles. The van der Waals surface area contributed by atoms with Crippen molar-refractivity contribution in [3.63, 3.8) is 0 Å². The molecule has 0 bridgehead atoms. The highest BCUT2D eigenvalue weighted by Gasteiger charge is 2.31. The number of aliphatic hydroxyl groups excluding tert-OH is 1. The van der Waals surface area contributed by atoms with E-state index in [0.29, 0.717) is 0 Å². The second-order valence-electron chi connectivity index (χ2n) is 6.20. The Balaban J connectivity index is 1.76. The molecule has 1 aliphatic rings. The van der Waals surface area contributed by atoms with Crippen LogP contribution in [-0.2, 0) is 11.3 Å². The quantitative estimate of drug-likeness (QED) is 0.840. The molecule has 2 N–H and O–H groups in total. The average Bonchev–Trinajstić information content (AvgIpc) is 2.85. The molecule has 1 saturated carbocycles. The summed E-state index contributed by atoms with van der Waals surface area (Å²) in [4.78, 5) is 14.3. The predicted octanol–water partition coefficient (Wildman–Crippen LogP) is 1.78. The summed E-state index contributed by atoms with van der Waals surface area (Å²) < 4.78 is 0. The molecule has 0 heterocycles. The van der Waals surface area contributed by atoms with Crippen LogP contribution < -0.4 is 5.32 Å². The number of carbonyl (C=O) groups is 1. The Morgan fingerprint density at radius 1 is 1.38 bits per heavy atom. The zero-order valence-corrected chi connectivity index (χ0v) is 13.0. The van der Waals surface area contributed by atoms with Gasteiger partial charge >= 0.3 is 0 Å². The van der Waals surface area contributed by atoms with Crippen LogP contribution in [0.3, 0.4) is 0 Å². The summed E-state index contributed by atoms with van der Waals surface area (Å²) in [5.41, 5.74) is 1.27. The van der Waals surface area contributed by atoms with E-state index in [-0.39, 0.29) is 17.9 Å². The van der Waals surface area contributed by atoms with Gasteiger partial charge in [0.25, 0.3) is 0 Å². The molecule has 0 spiro atoms. The summed E-state index contributed by atoms with van der Waals surface area (Å²) in [5, 5.41) is 12.8. The second-order valence-corrected chi connectivity index (χ2v) is 6.20. The number of hydrogen-bond acceptors (Lipinski definition) is 3. The third kappa shape index (κ3) is 4.83. The Morgan fingerprint density at radius 2 is 2.10 bits per heavy atom. The van der Waals surface area contributed by atoms with Gasteiger partial charge in [0, 0.05) is 19.1 Å². The smallest absolute Gasteiger partial charge is 0.225 e. The Labute approximate surface area is 127 Å². The molecule has 1 aliphatic carbocycles. The molecule has 21 heavy (non-hydrogen) atoms. The van der Waals surface area contributed by atoms with Gasteiger partial charge in [0.2, 0.25) is 5.91 Å². The lowest BCUT2D eigenvalue weighted by molar-refractivity contribution is -0.128. The molecule has 1 amide bonds. The Bertz CT molecular complexity index is 449. The highest BCUT2D eigenvalue weighted by molar-refractivity contribution is 5.79. The Morgan fingerprint density at radius 3 is 2.71 bits per heavy atom. The van der Waals surface area contributed by atoms with E-state index in [9.17, 15) is 9.90 Å². The van der Waals surface area contributed by atoms with E-state index in [2.05, 4.69) is 29.4 Å². The van der Waals surface area contributed by atoms with Crippen molar-refractivity contribution < 1.29 is 9.90 Å².